The van der Waals surface area contributed by atoms with Crippen LogP contribution in [0, 0.1) is 5.92 Å². The summed E-state index contributed by atoms with van der Waals surface area (Å²) in [4.78, 5) is 8.41. The molecule has 0 aromatic carbocycles. The first-order valence-corrected chi connectivity index (χ1v) is 7.05. The maximum Gasteiger partial charge on any atom is 0.262 e. The summed E-state index contributed by atoms with van der Waals surface area (Å²) in [5.74, 6) is 2.41. The van der Waals surface area contributed by atoms with E-state index in [0.29, 0.717) is 23.4 Å². The molecule has 1 aliphatic carbocycles. The summed E-state index contributed by atoms with van der Waals surface area (Å²) in [6, 6.07) is 0. The molecule has 19 heavy (non-hydrogen) atoms. The van der Waals surface area contributed by atoms with E-state index >= 15 is 0 Å². The first kappa shape index (κ1) is 13.9. The van der Waals surface area contributed by atoms with Gasteiger partial charge in [-0.1, -0.05) is 13.3 Å². The molecule has 1 fully saturated rings. The van der Waals surface area contributed by atoms with Crippen LogP contribution in [-0.2, 0) is 0 Å². The van der Waals surface area contributed by atoms with Crippen molar-refractivity contribution < 1.29 is 9.47 Å². The van der Waals surface area contributed by atoms with Crippen molar-refractivity contribution in [3.05, 3.63) is 6.33 Å². The average molecular weight is 265 g/mol. The predicted molar refractivity (Wildman–Crippen MR) is 74.8 cm³/mol. The van der Waals surface area contributed by atoms with Gasteiger partial charge in [0.2, 0.25) is 5.75 Å². The monoisotopic (exact) mass is 265 g/mol. The van der Waals surface area contributed by atoms with Gasteiger partial charge in [-0.15, -0.1) is 0 Å². The first-order chi connectivity index (χ1) is 9.26. The van der Waals surface area contributed by atoms with Gasteiger partial charge in [-0.25, -0.2) is 4.98 Å². The van der Waals surface area contributed by atoms with Gasteiger partial charge < -0.3 is 14.8 Å². The summed E-state index contributed by atoms with van der Waals surface area (Å²) >= 11 is 0. The van der Waals surface area contributed by atoms with Crippen molar-refractivity contribution in [3.8, 4) is 11.6 Å². The lowest BCUT2D eigenvalue weighted by molar-refractivity contribution is 0.0938. The summed E-state index contributed by atoms with van der Waals surface area (Å²) < 4.78 is 11.5. The normalized spacial score (nSPS) is 22.9. The Kier molecular flexibility index (Phi) is 4.82. The van der Waals surface area contributed by atoms with E-state index in [2.05, 4.69) is 22.2 Å². The molecule has 2 rings (SSSR count). The highest BCUT2D eigenvalue weighted by molar-refractivity contribution is 5.54. The number of anilines is 1. The summed E-state index contributed by atoms with van der Waals surface area (Å²) in [6.45, 7) is 5.04. The van der Waals surface area contributed by atoms with Gasteiger partial charge in [0, 0.05) is 6.54 Å². The van der Waals surface area contributed by atoms with Crippen LogP contribution in [0.5, 0.6) is 11.6 Å². The molecule has 0 saturated heterocycles. The Bertz CT molecular complexity index is 412. The number of rotatable bonds is 5. The van der Waals surface area contributed by atoms with E-state index in [1.807, 2.05) is 6.92 Å². The summed E-state index contributed by atoms with van der Waals surface area (Å²) in [5, 5.41) is 3.16. The number of nitrogens with one attached hydrogen (secondary N) is 1. The first-order valence-electron chi connectivity index (χ1n) is 7.05. The second-order valence-corrected chi connectivity index (χ2v) is 5.01. The van der Waals surface area contributed by atoms with E-state index in [-0.39, 0.29) is 6.10 Å². The Morgan fingerprint density at radius 3 is 2.79 bits per heavy atom. The molecular formula is C14H23N3O2. The smallest absolute Gasteiger partial charge is 0.262 e. The lowest BCUT2D eigenvalue weighted by Gasteiger charge is -2.29. The van der Waals surface area contributed by atoms with Gasteiger partial charge >= 0.3 is 0 Å². The fourth-order valence-electron chi connectivity index (χ4n) is 2.52. The fourth-order valence-corrected chi connectivity index (χ4v) is 2.52. The molecule has 2 unspecified atom stereocenters. The van der Waals surface area contributed by atoms with E-state index in [4.69, 9.17) is 9.47 Å². The number of nitrogens with zero attached hydrogens (tertiary/aromatic N) is 2. The zero-order valence-corrected chi connectivity index (χ0v) is 12.0. The van der Waals surface area contributed by atoms with Crippen LogP contribution in [0.15, 0.2) is 6.33 Å². The SMILES string of the molecule is CCNc1ncnc(OC2CCCCC2C)c1OC. The van der Waals surface area contributed by atoms with Crippen molar-refractivity contribution in [1.82, 2.24) is 9.97 Å². The molecule has 1 heterocycles. The van der Waals surface area contributed by atoms with Crippen molar-refractivity contribution in [3.63, 3.8) is 0 Å². The van der Waals surface area contributed by atoms with Crippen LogP contribution in [0.1, 0.15) is 39.5 Å². The zero-order chi connectivity index (χ0) is 13.7. The van der Waals surface area contributed by atoms with Gasteiger partial charge in [0.1, 0.15) is 12.4 Å². The van der Waals surface area contributed by atoms with Crippen molar-refractivity contribution in [2.75, 3.05) is 19.0 Å². The Labute approximate surface area is 114 Å². The van der Waals surface area contributed by atoms with Gasteiger partial charge in [-0.05, 0) is 32.1 Å². The van der Waals surface area contributed by atoms with E-state index in [1.165, 1.54) is 25.6 Å². The van der Waals surface area contributed by atoms with E-state index in [0.717, 1.165) is 13.0 Å². The van der Waals surface area contributed by atoms with Crippen LogP contribution in [0.2, 0.25) is 0 Å². The Hall–Kier alpha value is -1.52. The maximum absolute atomic E-state index is 6.06. The van der Waals surface area contributed by atoms with Crippen molar-refractivity contribution in [1.29, 1.82) is 0 Å². The fraction of sp³-hybridized carbons (Fsp3) is 0.714. The van der Waals surface area contributed by atoms with E-state index in [9.17, 15) is 0 Å². The molecule has 2 atom stereocenters. The van der Waals surface area contributed by atoms with Crippen molar-refractivity contribution in [2.45, 2.75) is 45.6 Å². The molecule has 1 N–H and O–H groups in total. The minimum Gasteiger partial charge on any atom is -0.489 e. The molecular weight excluding hydrogens is 242 g/mol. The predicted octanol–water partition coefficient (Wildman–Crippen LogP) is 2.87. The van der Waals surface area contributed by atoms with Gasteiger partial charge in [-0.3, -0.25) is 0 Å². The third-order valence-electron chi connectivity index (χ3n) is 3.62. The molecule has 1 aliphatic rings. The molecule has 0 amide bonds. The standard InChI is InChI=1S/C14H23N3O2/c1-4-15-13-12(18-3)14(17-9-16-13)19-11-8-6-5-7-10(11)2/h9-11H,4-8H2,1-3H3,(H,15,16,17). The van der Waals surface area contributed by atoms with Gasteiger partial charge in [-0.2, -0.15) is 4.98 Å². The molecule has 5 heteroatoms. The van der Waals surface area contributed by atoms with Crippen LogP contribution < -0.4 is 14.8 Å². The van der Waals surface area contributed by atoms with Crippen LogP contribution in [0.25, 0.3) is 0 Å². The maximum atomic E-state index is 6.06. The Balaban J connectivity index is 2.16. The van der Waals surface area contributed by atoms with Gasteiger partial charge in [0.15, 0.2) is 5.82 Å². The second kappa shape index (κ2) is 6.59. The number of ether oxygens (including phenoxy) is 2. The molecule has 1 saturated carbocycles. The quantitative estimate of drug-likeness (QED) is 0.887. The number of aromatic nitrogens is 2. The van der Waals surface area contributed by atoms with Crippen LogP contribution in [0.3, 0.4) is 0 Å². The van der Waals surface area contributed by atoms with E-state index in [1.54, 1.807) is 7.11 Å². The van der Waals surface area contributed by atoms with Crippen LogP contribution in [-0.4, -0.2) is 29.7 Å². The lowest BCUT2D eigenvalue weighted by atomic mass is 9.88. The molecule has 106 valence electrons. The molecule has 0 spiro atoms. The van der Waals surface area contributed by atoms with Crippen LogP contribution >= 0.6 is 0 Å². The number of hydrogen-bond acceptors (Lipinski definition) is 5. The highest BCUT2D eigenvalue weighted by atomic mass is 16.5. The lowest BCUT2D eigenvalue weighted by Crippen LogP contribution is -2.28. The van der Waals surface area contributed by atoms with Crippen LogP contribution in [0.4, 0.5) is 5.82 Å². The molecule has 0 bridgehead atoms. The molecule has 1 aromatic heterocycles. The minimum atomic E-state index is 0.229. The largest absolute Gasteiger partial charge is 0.489 e. The van der Waals surface area contributed by atoms with Gasteiger partial charge in [0.05, 0.1) is 7.11 Å². The zero-order valence-electron chi connectivity index (χ0n) is 12.0. The molecule has 5 nitrogen and oxygen atoms in total. The Morgan fingerprint density at radius 2 is 2.11 bits per heavy atom. The molecule has 1 aromatic rings. The third-order valence-corrected chi connectivity index (χ3v) is 3.62. The summed E-state index contributed by atoms with van der Waals surface area (Å²) in [7, 11) is 1.62. The number of hydrogen-bond donors (Lipinski definition) is 1. The van der Waals surface area contributed by atoms with Crippen molar-refractivity contribution in [2.24, 2.45) is 5.92 Å². The molecule has 0 aliphatic heterocycles. The van der Waals surface area contributed by atoms with Gasteiger partial charge in [0.25, 0.3) is 5.88 Å². The van der Waals surface area contributed by atoms with E-state index < -0.39 is 0 Å². The highest BCUT2D eigenvalue weighted by Crippen LogP contribution is 2.34. The molecule has 0 radical (unpaired) electrons. The minimum absolute atomic E-state index is 0.229. The Morgan fingerprint density at radius 1 is 1.32 bits per heavy atom. The highest BCUT2D eigenvalue weighted by Gasteiger charge is 2.25. The summed E-state index contributed by atoms with van der Waals surface area (Å²) in [5.41, 5.74) is 0. The average Bonchev–Trinajstić information content (AvgIpc) is 2.42. The number of methoxy groups -OCH3 is 1. The second-order valence-electron chi connectivity index (χ2n) is 5.01. The van der Waals surface area contributed by atoms with Crippen molar-refractivity contribution >= 4 is 5.82 Å². The summed E-state index contributed by atoms with van der Waals surface area (Å²) in [6.07, 6.45) is 6.58. The third kappa shape index (κ3) is 3.28. The topological polar surface area (TPSA) is 56.3 Å².